The van der Waals surface area contributed by atoms with Crippen LogP contribution in [0.4, 0.5) is 17.1 Å². The number of benzene rings is 8. The summed E-state index contributed by atoms with van der Waals surface area (Å²) >= 11 is 0. The number of anilines is 3. The molecule has 0 radical (unpaired) electrons. The van der Waals surface area contributed by atoms with Gasteiger partial charge < -0.3 is 12.5 Å². The van der Waals surface area contributed by atoms with Crippen LogP contribution in [-0.4, -0.2) is 50.5 Å². The van der Waals surface area contributed by atoms with Gasteiger partial charge in [0.2, 0.25) is 0 Å². The molecule has 0 unspecified atom stereocenters. The summed E-state index contributed by atoms with van der Waals surface area (Å²) in [5.41, 5.74) is -0.389. The first kappa shape index (κ1) is 49.0. The monoisotopic (exact) mass is 1060 g/mol. The highest BCUT2D eigenvalue weighted by molar-refractivity contribution is 7.94. The largest absolute Gasteiger partial charge is 0.379 e. The van der Waals surface area contributed by atoms with Crippen LogP contribution >= 0.6 is 0 Å². The summed E-state index contributed by atoms with van der Waals surface area (Å²) in [7, 11) is -27.1. The van der Waals surface area contributed by atoms with Crippen LogP contribution in [0.5, 0.6) is 17.2 Å². The quantitative estimate of drug-likeness (QED) is 0.0700. The summed E-state index contributed by atoms with van der Waals surface area (Å²) in [6, 6.07) is 41.4. The van der Waals surface area contributed by atoms with Crippen LogP contribution in [-0.2, 0) is 60.4 Å². The van der Waals surface area contributed by atoms with Crippen LogP contribution in [0.15, 0.2) is 223 Å². The zero-order valence-corrected chi connectivity index (χ0v) is 40.4. The van der Waals surface area contributed by atoms with Crippen molar-refractivity contribution in [2.45, 2.75) is 29.4 Å². The molecule has 24 heteroatoms. The van der Waals surface area contributed by atoms with E-state index in [1.54, 1.807) is 54.6 Å². The molecule has 360 valence electrons. The second-order valence-electron chi connectivity index (χ2n) is 14.7. The highest BCUT2D eigenvalue weighted by Gasteiger charge is 2.27. The SMILES string of the molecule is O=S(=O)(Nc1ccc(S(=O)(=O)Oc2ccccc2)cc1)c1ccc2c(S(=O)(=O)Nc3ccc(S(=O)(=O)Oc4ccccc4)cc3)cc(S(=O)(=O)Nc3ccc(S(=O)(=O)Oc4ccccc4)cc3)cc2c1. The van der Waals surface area contributed by atoms with Crippen LogP contribution < -0.4 is 26.7 Å². The van der Waals surface area contributed by atoms with Crippen LogP contribution in [0.1, 0.15) is 0 Å². The fourth-order valence-electron chi connectivity index (χ4n) is 6.49. The first-order valence-corrected chi connectivity index (χ1v) is 28.7. The maximum absolute atomic E-state index is 14.2. The number of hydrogen-bond donors (Lipinski definition) is 3. The molecule has 0 atom stereocenters. The summed E-state index contributed by atoms with van der Waals surface area (Å²) in [5.74, 6) is 0.118. The van der Waals surface area contributed by atoms with Gasteiger partial charge in [0, 0.05) is 22.4 Å². The Labute approximate surface area is 403 Å². The lowest BCUT2D eigenvalue weighted by atomic mass is 10.1. The van der Waals surface area contributed by atoms with Crippen molar-refractivity contribution in [3.8, 4) is 17.2 Å². The molecule has 0 amide bonds. The third kappa shape index (κ3) is 11.3. The standard InChI is InChI=1S/C46H35N3O15S6/c50-65(51,47-34-16-22-40(23-17-34)68(56,57)62-37-10-4-1-5-11-37)43-28-29-45-33(30-43)31-44(66(52,53)48-35-18-24-41(25-19-35)69(58,59)63-38-12-6-2-7-13-38)32-46(45)67(54,55)49-36-20-26-42(27-21-36)70(60,61)64-39-14-8-3-9-15-39/h1-32,47-49H. The Hall–Kier alpha value is -7.48. The van der Waals surface area contributed by atoms with Crippen molar-refractivity contribution in [1.82, 2.24) is 0 Å². The van der Waals surface area contributed by atoms with Crippen molar-refractivity contribution in [2.75, 3.05) is 14.2 Å². The van der Waals surface area contributed by atoms with Gasteiger partial charge in [-0.05, 0) is 139 Å². The fourth-order valence-corrected chi connectivity index (χ4v) is 12.9. The second-order valence-corrected chi connectivity index (χ2v) is 24.4. The Balaban J connectivity index is 1.11. The molecule has 3 N–H and O–H groups in total. The van der Waals surface area contributed by atoms with Gasteiger partial charge in [-0.2, -0.15) is 25.3 Å². The maximum Gasteiger partial charge on any atom is 0.339 e. The van der Waals surface area contributed by atoms with E-state index in [-0.39, 0.29) is 59.8 Å². The number of rotatable bonds is 18. The summed E-state index contributed by atoms with van der Waals surface area (Å²) < 4.78 is 184. The molecule has 70 heavy (non-hydrogen) atoms. The Morgan fingerprint density at radius 2 is 0.586 bits per heavy atom. The number of hydrogen-bond acceptors (Lipinski definition) is 15. The molecular weight excluding hydrogens is 1030 g/mol. The van der Waals surface area contributed by atoms with Crippen LogP contribution in [0.25, 0.3) is 10.8 Å². The Morgan fingerprint density at radius 3 is 0.943 bits per heavy atom. The number of nitrogens with one attached hydrogen (secondary N) is 3. The Kier molecular flexibility index (Phi) is 13.4. The van der Waals surface area contributed by atoms with Crippen LogP contribution in [0, 0.1) is 0 Å². The lowest BCUT2D eigenvalue weighted by Crippen LogP contribution is -2.17. The minimum absolute atomic E-state index is 0.0330. The van der Waals surface area contributed by atoms with Gasteiger partial charge in [-0.3, -0.25) is 14.2 Å². The van der Waals surface area contributed by atoms with E-state index in [0.29, 0.717) is 0 Å². The van der Waals surface area contributed by atoms with Gasteiger partial charge in [0.15, 0.2) is 0 Å². The smallest absolute Gasteiger partial charge is 0.339 e. The third-order valence-electron chi connectivity index (χ3n) is 9.80. The molecule has 0 aliphatic rings. The molecule has 8 aromatic carbocycles. The molecular formula is C46H35N3O15S6. The molecule has 0 aliphatic heterocycles. The first-order valence-electron chi connectivity index (χ1n) is 20.0. The molecule has 8 aromatic rings. The van der Waals surface area contributed by atoms with E-state index < -0.39 is 75.1 Å². The zero-order valence-electron chi connectivity index (χ0n) is 35.5. The van der Waals surface area contributed by atoms with E-state index in [1.807, 2.05) is 0 Å². The summed E-state index contributed by atoms with van der Waals surface area (Å²) in [5, 5.41) is -0.355. The third-order valence-corrected chi connectivity index (χ3v) is 17.7. The summed E-state index contributed by atoms with van der Waals surface area (Å²) in [6.45, 7) is 0. The van der Waals surface area contributed by atoms with E-state index in [0.717, 1.165) is 91.0 Å². The van der Waals surface area contributed by atoms with Crippen molar-refractivity contribution in [1.29, 1.82) is 0 Å². The van der Waals surface area contributed by atoms with Crippen molar-refractivity contribution in [3.63, 3.8) is 0 Å². The normalized spacial score (nSPS) is 12.4. The minimum Gasteiger partial charge on any atom is -0.379 e. The zero-order chi connectivity index (χ0) is 50.0. The molecule has 0 saturated heterocycles. The molecule has 0 aliphatic carbocycles. The lowest BCUT2D eigenvalue weighted by Gasteiger charge is -2.16. The Bertz CT molecular complexity index is 3920. The highest BCUT2D eigenvalue weighted by atomic mass is 32.2. The van der Waals surface area contributed by atoms with Crippen LogP contribution in [0.3, 0.4) is 0 Å². The van der Waals surface area contributed by atoms with Gasteiger partial charge in [0.1, 0.15) is 31.9 Å². The lowest BCUT2D eigenvalue weighted by molar-refractivity contribution is 0.484. The molecule has 8 rings (SSSR count). The Morgan fingerprint density at radius 1 is 0.286 bits per heavy atom. The summed E-state index contributed by atoms with van der Waals surface area (Å²) in [6.07, 6.45) is 0. The fraction of sp³-hybridized carbons (Fsp3) is 0. The highest BCUT2D eigenvalue weighted by Crippen LogP contribution is 2.33. The van der Waals surface area contributed by atoms with Crippen LogP contribution in [0.2, 0.25) is 0 Å². The van der Waals surface area contributed by atoms with E-state index in [2.05, 4.69) is 14.2 Å². The molecule has 0 spiro atoms. The summed E-state index contributed by atoms with van der Waals surface area (Å²) in [4.78, 5) is -2.72. The molecule has 0 fully saturated rings. The van der Waals surface area contributed by atoms with E-state index >= 15 is 0 Å². The molecule has 0 aromatic heterocycles. The topological polar surface area (TPSA) is 269 Å². The number of para-hydroxylation sites is 3. The predicted molar refractivity (Wildman–Crippen MR) is 258 cm³/mol. The first-order chi connectivity index (χ1) is 33.1. The van der Waals surface area contributed by atoms with Crippen molar-refractivity contribution in [3.05, 3.63) is 194 Å². The van der Waals surface area contributed by atoms with E-state index in [1.165, 1.54) is 48.5 Å². The van der Waals surface area contributed by atoms with E-state index in [9.17, 15) is 50.5 Å². The van der Waals surface area contributed by atoms with Gasteiger partial charge >= 0.3 is 30.4 Å². The van der Waals surface area contributed by atoms with Gasteiger partial charge in [-0.15, -0.1) is 0 Å². The molecule has 0 bridgehead atoms. The van der Waals surface area contributed by atoms with Gasteiger partial charge in [0.25, 0.3) is 30.1 Å². The average molecular weight is 1060 g/mol. The molecule has 0 saturated carbocycles. The number of sulfonamides is 3. The predicted octanol–water partition coefficient (Wildman–Crippen LogP) is 7.55. The second kappa shape index (κ2) is 19.1. The van der Waals surface area contributed by atoms with Gasteiger partial charge in [-0.1, -0.05) is 60.7 Å². The average Bonchev–Trinajstić information content (AvgIpc) is 3.31. The maximum atomic E-state index is 14.2. The molecule has 18 nitrogen and oxygen atoms in total. The van der Waals surface area contributed by atoms with Gasteiger partial charge in [0.05, 0.1) is 14.7 Å². The van der Waals surface area contributed by atoms with Crippen molar-refractivity contribution >= 4 is 88.3 Å². The molecule has 0 heterocycles. The number of fused-ring (bicyclic) bond motifs is 1. The van der Waals surface area contributed by atoms with Gasteiger partial charge in [-0.25, -0.2) is 25.3 Å². The van der Waals surface area contributed by atoms with Crippen molar-refractivity contribution < 1.29 is 63.1 Å². The minimum atomic E-state index is -4.80. The van der Waals surface area contributed by atoms with Crippen molar-refractivity contribution in [2.24, 2.45) is 0 Å². The van der Waals surface area contributed by atoms with E-state index in [4.69, 9.17) is 12.5 Å².